The fourth-order valence-corrected chi connectivity index (χ4v) is 2.47. The molecule has 0 radical (unpaired) electrons. The van der Waals surface area contributed by atoms with Crippen molar-refractivity contribution in [2.45, 2.75) is 42.2 Å². The molecule has 0 saturated carbocycles. The molecule has 0 bridgehead atoms. The highest BCUT2D eigenvalue weighted by molar-refractivity contribution is 6.68. The minimum Gasteiger partial charge on any atom is -0.444 e. The number of amides is 1. The van der Waals surface area contributed by atoms with Crippen molar-refractivity contribution in [2.75, 3.05) is 13.1 Å². The number of hydrogen-bond donors (Lipinski definition) is 1. The normalized spacial score (nSPS) is 28.1. The zero-order valence-electron chi connectivity index (χ0n) is 11.8. The molecule has 2 unspecified atom stereocenters. The first-order valence-electron chi connectivity index (χ1n) is 6.27. The van der Waals surface area contributed by atoms with E-state index in [1.807, 2.05) is 0 Å². The number of halogens is 3. The van der Waals surface area contributed by atoms with E-state index in [0.29, 0.717) is 6.54 Å². The van der Waals surface area contributed by atoms with Gasteiger partial charge >= 0.3 is 6.09 Å². The Kier molecular flexibility index (Phi) is 5.29. The average molecular weight is 345 g/mol. The first kappa shape index (κ1) is 17.9. The molecule has 0 aromatic rings. The fourth-order valence-electron chi connectivity index (χ4n) is 2.06. The van der Waals surface area contributed by atoms with E-state index in [1.165, 1.54) is 4.90 Å². The van der Waals surface area contributed by atoms with Crippen molar-refractivity contribution in [1.29, 1.82) is 0 Å². The van der Waals surface area contributed by atoms with Gasteiger partial charge in [0, 0.05) is 6.54 Å². The average Bonchev–Trinajstić information content (AvgIpc) is 2.24. The van der Waals surface area contributed by atoms with Gasteiger partial charge in [-0.1, -0.05) is 40.9 Å². The Balaban J connectivity index is 2.93. The number of piperidine rings is 1. The Labute approximate surface area is 134 Å². The standard InChI is InChI=1S/C13H20Cl3NO3/c1-5-9-6-12(19,13(14,15)16)8-17(7-9)10(18)20-11(2,3)4/h5,9,19H,1,6-8H2,2-4H3. The molecule has 1 rings (SSSR count). The third kappa shape index (κ3) is 4.42. The molecule has 20 heavy (non-hydrogen) atoms. The predicted octanol–water partition coefficient (Wildman–Crippen LogP) is 3.53. The van der Waals surface area contributed by atoms with E-state index in [9.17, 15) is 9.90 Å². The lowest BCUT2D eigenvalue weighted by atomic mass is 9.86. The minimum absolute atomic E-state index is 0.0945. The number of hydrogen-bond acceptors (Lipinski definition) is 3. The summed E-state index contributed by atoms with van der Waals surface area (Å²) >= 11 is 17.5. The molecule has 1 amide bonds. The number of carbonyl (C=O) groups excluding carboxylic acids is 1. The summed E-state index contributed by atoms with van der Waals surface area (Å²) in [6.07, 6.45) is 1.32. The van der Waals surface area contributed by atoms with Crippen molar-refractivity contribution in [1.82, 2.24) is 4.90 Å². The Bertz CT molecular complexity index is 389. The number of β-amino-alcohol motifs (C(OH)–C–C–N with tert-alkyl or cyclic N) is 1. The van der Waals surface area contributed by atoms with Gasteiger partial charge in [-0.25, -0.2) is 4.79 Å². The van der Waals surface area contributed by atoms with E-state index in [2.05, 4.69) is 6.58 Å². The second-order valence-corrected chi connectivity index (χ2v) is 8.37. The van der Waals surface area contributed by atoms with Gasteiger partial charge in [-0.15, -0.1) is 6.58 Å². The molecule has 1 N–H and O–H groups in total. The maximum atomic E-state index is 12.1. The summed E-state index contributed by atoms with van der Waals surface area (Å²) in [6, 6.07) is 0. The predicted molar refractivity (Wildman–Crippen MR) is 81.4 cm³/mol. The lowest BCUT2D eigenvalue weighted by Crippen LogP contribution is -2.59. The van der Waals surface area contributed by atoms with E-state index < -0.39 is 21.1 Å². The van der Waals surface area contributed by atoms with Gasteiger partial charge in [0.25, 0.3) is 0 Å². The van der Waals surface area contributed by atoms with Crippen molar-refractivity contribution in [3.8, 4) is 0 Å². The number of alkyl halides is 3. The van der Waals surface area contributed by atoms with Crippen LogP contribution >= 0.6 is 34.8 Å². The largest absolute Gasteiger partial charge is 0.444 e. The highest BCUT2D eigenvalue weighted by Gasteiger charge is 2.52. The van der Waals surface area contributed by atoms with E-state index in [4.69, 9.17) is 39.5 Å². The lowest BCUT2D eigenvalue weighted by Gasteiger charge is -2.45. The van der Waals surface area contributed by atoms with Crippen LogP contribution in [0.3, 0.4) is 0 Å². The maximum absolute atomic E-state index is 12.1. The maximum Gasteiger partial charge on any atom is 0.410 e. The van der Waals surface area contributed by atoms with Crippen LogP contribution in [-0.4, -0.2) is 44.2 Å². The summed E-state index contributed by atoms with van der Waals surface area (Å²) < 4.78 is 3.39. The van der Waals surface area contributed by atoms with Crippen molar-refractivity contribution in [3.05, 3.63) is 12.7 Å². The van der Waals surface area contributed by atoms with Crippen LogP contribution in [0.1, 0.15) is 27.2 Å². The minimum atomic E-state index is -1.89. The van der Waals surface area contributed by atoms with Gasteiger partial charge in [0.2, 0.25) is 3.79 Å². The van der Waals surface area contributed by atoms with Crippen LogP contribution < -0.4 is 0 Å². The number of likely N-dealkylation sites (tertiary alicyclic amines) is 1. The van der Waals surface area contributed by atoms with Gasteiger partial charge in [0.15, 0.2) is 0 Å². The Hall–Kier alpha value is -0.160. The zero-order chi connectivity index (χ0) is 15.8. The van der Waals surface area contributed by atoms with E-state index in [-0.39, 0.29) is 18.9 Å². The molecule has 0 aromatic heterocycles. The van der Waals surface area contributed by atoms with Gasteiger partial charge in [0.1, 0.15) is 11.2 Å². The van der Waals surface area contributed by atoms with Gasteiger partial charge in [-0.05, 0) is 33.1 Å². The molecule has 0 aromatic carbocycles. The summed E-state index contributed by atoms with van der Waals surface area (Å²) in [5.41, 5.74) is -2.26. The molecular weight excluding hydrogens is 325 g/mol. The Morgan fingerprint density at radius 1 is 1.45 bits per heavy atom. The van der Waals surface area contributed by atoms with Crippen LogP contribution in [0.5, 0.6) is 0 Å². The lowest BCUT2D eigenvalue weighted by molar-refractivity contribution is -0.0514. The van der Waals surface area contributed by atoms with Crippen LogP contribution in [0.15, 0.2) is 12.7 Å². The van der Waals surface area contributed by atoms with Crippen LogP contribution in [0.2, 0.25) is 0 Å². The topological polar surface area (TPSA) is 49.8 Å². The second kappa shape index (κ2) is 5.91. The zero-order valence-corrected chi connectivity index (χ0v) is 14.1. The fraction of sp³-hybridized carbons (Fsp3) is 0.769. The summed E-state index contributed by atoms with van der Waals surface area (Å²) in [5.74, 6) is -0.170. The molecule has 1 fully saturated rings. The van der Waals surface area contributed by atoms with Crippen molar-refractivity contribution in [2.24, 2.45) is 5.92 Å². The van der Waals surface area contributed by atoms with Gasteiger partial charge in [0.05, 0.1) is 6.54 Å². The summed E-state index contributed by atoms with van der Waals surface area (Å²) in [4.78, 5) is 13.5. The number of carbonyl (C=O) groups is 1. The molecule has 2 atom stereocenters. The molecule has 1 heterocycles. The third-order valence-corrected chi connectivity index (χ3v) is 4.08. The van der Waals surface area contributed by atoms with Crippen molar-refractivity contribution >= 4 is 40.9 Å². The number of nitrogens with zero attached hydrogens (tertiary/aromatic N) is 1. The van der Waals surface area contributed by atoms with Gasteiger partial charge in [-0.3, -0.25) is 0 Å². The molecule has 1 aliphatic heterocycles. The second-order valence-electron chi connectivity index (χ2n) is 6.09. The highest BCUT2D eigenvalue weighted by atomic mass is 35.6. The quantitative estimate of drug-likeness (QED) is 0.585. The first-order chi connectivity index (χ1) is 8.88. The van der Waals surface area contributed by atoms with Crippen LogP contribution in [0.25, 0.3) is 0 Å². The molecule has 0 aliphatic carbocycles. The molecule has 7 heteroatoms. The highest BCUT2D eigenvalue weighted by Crippen LogP contribution is 2.44. The molecule has 0 spiro atoms. The van der Waals surface area contributed by atoms with Gasteiger partial charge < -0.3 is 14.7 Å². The van der Waals surface area contributed by atoms with E-state index in [0.717, 1.165) is 0 Å². The number of rotatable bonds is 1. The van der Waals surface area contributed by atoms with E-state index in [1.54, 1.807) is 26.8 Å². The number of ether oxygens (including phenoxy) is 1. The third-order valence-electron chi connectivity index (χ3n) is 3.02. The molecular formula is C13H20Cl3NO3. The Morgan fingerprint density at radius 2 is 2.00 bits per heavy atom. The summed E-state index contributed by atoms with van der Waals surface area (Å²) in [7, 11) is 0. The van der Waals surface area contributed by atoms with Crippen LogP contribution in [0.4, 0.5) is 4.79 Å². The molecule has 4 nitrogen and oxygen atoms in total. The first-order valence-corrected chi connectivity index (χ1v) is 7.41. The summed E-state index contributed by atoms with van der Waals surface area (Å²) in [6.45, 7) is 9.26. The monoisotopic (exact) mass is 343 g/mol. The van der Waals surface area contributed by atoms with Crippen molar-refractivity contribution < 1.29 is 14.6 Å². The van der Waals surface area contributed by atoms with Crippen molar-refractivity contribution in [3.63, 3.8) is 0 Å². The smallest absolute Gasteiger partial charge is 0.410 e. The number of aliphatic hydroxyl groups is 1. The Morgan fingerprint density at radius 3 is 2.40 bits per heavy atom. The molecule has 1 saturated heterocycles. The summed E-state index contributed by atoms with van der Waals surface area (Å²) in [5, 5.41) is 10.5. The SMILES string of the molecule is C=CC1CN(C(=O)OC(C)(C)C)CC(O)(C(Cl)(Cl)Cl)C1. The molecule has 116 valence electrons. The van der Waals surface area contributed by atoms with Gasteiger partial charge in [-0.2, -0.15) is 0 Å². The van der Waals surface area contributed by atoms with Crippen LogP contribution in [-0.2, 0) is 4.74 Å². The molecule has 1 aliphatic rings. The van der Waals surface area contributed by atoms with E-state index >= 15 is 0 Å². The van der Waals surface area contributed by atoms with Crippen LogP contribution in [0, 0.1) is 5.92 Å².